The van der Waals surface area contributed by atoms with Crippen LogP contribution in [0.3, 0.4) is 0 Å². The normalized spacial score (nSPS) is 11.2. The molecule has 5 nitrogen and oxygen atoms in total. The summed E-state index contributed by atoms with van der Waals surface area (Å²) < 4.78 is 37.7. The van der Waals surface area contributed by atoms with E-state index in [9.17, 15) is 18.0 Å². The summed E-state index contributed by atoms with van der Waals surface area (Å²) in [7, 11) is 0. The summed E-state index contributed by atoms with van der Waals surface area (Å²) in [6.07, 6.45) is -4.09. The van der Waals surface area contributed by atoms with Crippen molar-refractivity contribution in [1.29, 1.82) is 0 Å². The first-order chi connectivity index (χ1) is 9.88. The Morgan fingerprint density at radius 3 is 2.48 bits per heavy atom. The fourth-order valence-electron chi connectivity index (χ4n) is 1.59. The number of anilines is 1. The number of nitrogens with zero attached hydrogens (tertiary/aromatic N) is 2. The number of benzene rings is 1. The van der Waals surface area contributed by atoms with Gasteiger partial charge in [0.1, 0.15) is 11.4 Å². The first kappa shape index (κ1) is 14.8. The summed E-state index contributed by atoms with van der Waals surface area (Å²) in [5.41, 5.74) is 0.361. The average Bonchev–Trinajstić information content (AvgIpc) is 2.45. The number of alkyl halides is 3. The van der Waals surface area contributed by atoms with Gasteiger partial charge in [0, 0.05) is 12.7 Å². The smallest absolute Gasteiger partial charge is 0.451 e. The molecule has 2 N–H and O–H groups in total. The molecule has 0 unspecified atom stereocenters. The maximum Gasteiger partial charge on any atom is 0.451 e. The second-order valence-electron chi connectivity index (χ2n) is 4.10. The zero-order chi connectivity index (χ0) is 15.5. The summed E-state index contributed by atoms with van der Waals surface area (Å²) in [6.45, 7) is 0.148. The molecule has 0 atom stereocenters. The molecule has 0 amide bonds. The van der Waals surface area contributed by atoms with Gasteiger partial charge in [0.25, 0.3) is 0 Å². The molecule has 1 aromatic heterocycles. The van der Waals surface area contributed by atoms with Gasteiger partial charge >= 0.3 is 12.1 Å². The quantitative estimate of drug-likeness (QED) is 0.907. The van der Waals surface area contributed by atoms with Crippen molar-refractivity contribution in [3.63, 3.8) is 0 Å². The lowest BCUT2D eigenvalue weighted by molar-refractivity contribution is -0.144. The number of halogens is 3. The van der Waals surface area contributed by atoms with Crippen molar-refractivity contribution >= 4 is 11.8 Å². The van der Waals surface area contributed by atoms with Gasteiger partial charge in [-0.25, -0.2) is 14.8 Å². The van der Waals surface area contributed by atoms with Crippen LogP contribution >= 0.6 is 0 Å². The molecule has 0 spiro atoms. The standard InChI is InChI=1S/C13H10F3N3O2/c14-13(15,16)12-18-7-9(11(20)21)10(19-12)17-6-8-4-2-1-3-5-8/h1-5,7H,6H2,(H,20,21)(H,17,18,19). The molecule has 1 aromatic carbocycles. The van der Waals surface area contributed by atoms with Gasteiger partial charge in [-0.2, -0.15) is 13.2 Å². The number of carbonyl (C=O) groups is 1. The largest absolute Gasteiger partial charge is 0.477 e. The van der Waals surface area contributed by atoms with Gasteiger partial charge in [0.05, 0.1) is 0 Å². The second kappa shape index (κ2) is 5.78. The molecular weight excluding hydrogens is 287 g/mol. The van der Waals surface area contributed by atoms with Gasteiger partial charge in [0.15, 0.2) is 0 Å². The Morgan fingerprint density at radius 1 is 1.24 bits per heavy atom. The molecule has 8 heteroatoms. The summed E-state index contributed by atoms with van der Waals surface area (Å²) in [5.74, 6) is -3.16. The molecule has 21 heavy (non-hydrogen) atoms. The van der Waals surface area contributed by atoms with E-state index in [1.54, 1.807) is 30.3 Å². The lowest BCUT2D eigenvalue weighted by atomic mass is 10.2. The van der Waals surface area contributed by atoms with Crippen molar-refractivity contribution in [2.24, 2.45) is 0 Å². The van der Waals surface area contributed by atoms with Crippen LogP contribution in [0, 0.1) is 0 Å². The first-order valence-electron chi connectivity index (χ1n) is 5.83. The summed E-state index contributed by atoms with van der Waals surface area (Å²) >= 11 is 0. The molecule has 0 saturated carbocycles. The SMILES string of the molecule is O=C(O)c1cnc(C(F)(F)F)nc1NCc1ccccc1. The highest BCUT2D eigenvalue weighted by atomic mass is 19.4. The number of carboxylic acids is 1. The molecule has 0 radical (unpaired) electrons. The topological polar surface area (TPSA) is 75.1 Å². The molecule has 0 fully saturated rings. The van der Waals surface area contributed by atoms with E-state index in [-0.39, 0.29) is 12.4 Å². The molecule has 0 aliphatic heterocycles. The molecule has 0 bridgehead atoms. The van der Waals surface area contributed by atoms with Crippen molar-refractivity contribution in [2.75, 3.05) is 5.32 Å². The minimum atomic E-state index is -4.74. The van der Waals surface area contributed by atoms with Crippen molar-refractivity contribution in [1.82, 2.24) is 9.97 Å². The fourth-order valence-corrected chi connectivity index (χ4v) is 1.59. The van der Waals surface area contributed by atoms with Gasteiger partial charge in [-0.15, -0.1) is 0 Å². The van der Waals surface area contributed by atoms with Crippen LogP contribution in [0.25, 0.3) is 0 Å². The highest BCUT2D eigenvalue weighted by Gasteiger charge is 2.35. The van der Waals surface area contributed by atoms with Crippen molar-refractivity contribution in [2.45, 2.75) is 12.7 Å². The van der Waals surface area contributed by atoms with E-state index >= 15 is 0 Å². The van der Waals surface area contributed by atoms with Crippen LogP contribution in [0.1, 0.15) is 21.7 Å². The van der Waals surface area contributed by atoms with Gasteiger partial charge in [0.2, 0.25) is 5.82 Å². The van der Waals surface area contributed by atoms with Crippen LogP contribution in [0.4, 0.5) is 19.0 Å². The van der Waals surface area contributed by atoms with Crippen LogP contribution in [0.2, 0.25) is 0 Å². The van der Waals surface area contributed by atoms with Crippen LogP contribution < -0.4 is 5.32 Å². The van der Waals surface area contributed by atoms with Crippen molar-refractivity contribution < 1.29 is 23.1 Å². The Kier molecular flexibility index (Phi) is 4.06. The Balaban J connectivity index is 2.29. The molecule has 110 valence electrons. The van der Waals surface area contributed by atoms with Gasteiger partial charge in [-0.05, 0) is 5.56 Å². The van der Waals surface area contributed by atoms with Gasteiger partial charge < -0.3 is 10.4 Å². The van der Waals surface area contributed by atoms with Gasteiger partial charge in [-0.3, -0.25) is 0 Å². The molecule has 0 aliphatic rings. The Hall–Kier alpha value is -2.64. The Labute approximate surface area is 117 Å². The predicted molar refractivity (Wildman–Crippen MR) is 67.8 cm³/mol. The summed E-state index contributed by atoms with van der Waals surface area (Å²) in [6, 6.07) is 8.81. The fraction of sp³-hybridized carbons (Fsp3) is 0.154. The van der Waals surface area contributed by atoms with E-state index in [1.807, 2.05) is 0 Å². The van der Waals surface area contributed by atoms with E-state index in [2.05, 4.69) is 15.3 Å². The third-order valence-electron chi connectivity index (χ3n) is 2.58. The third kappa shape index (κ3) is 3.68. The van der Waals surface area contributed by atoms with E-state index in [0.29, 0.717) is 6.20 Å². The number of hydrogen-bond donors (Lipinski definition) is 2. The predicted octanol–water partition coefficient (Wildman–Crippen LogP) is 2.81. The lowest BCUT2D eigenvalue weighted by Crippen LogP contribution is -2.16. The van der Waals surface area contributed by atoms with Crippen molar-refractivity contribution in [3.8, 4) is 0 Å². The molecule has 2 aromatic rings. The van der Waals surface area contributed by atoms with Crippen LogP contribution in [-0.4, -0.2) is 21.0 Å². The maximum absolute atomic E-state index is 12.6. The van der Waals surface area contributed by atoms with E-state index in [1.165, 1.54) is 0 Å². The Bertz CT molecular complexity index is 645. The molecule has 1 heterocycles. The minimum Gasteiger partial charge on any atom is -0.477 e. The Morgan fingerprint density at radius 2 is 1.90 bits per heavy atom. The molecule has 0 saturated heterocycles. The summed E-state index contributed by atoms with van der Waals surface area (Å²) in [5, 5.41) is 11.5. The lowest BCUT2D eigenvalue weighted by Gasteiger charge is -2.11. The van der Waals surface area contributed by atoms with Crippen LogP contribution in [0.5, 0.6) is 0 Å². The van der Waals surface area contributed by atoms with E-state index < -0.39 is 23.5 Å². The van der Waals surface area contributed by atoms with Crippen molar-refractivity contribution in [3.05, 3.63) is 53.5 Å². The highest BCUT2D eigenvalue weighted by molar-refractivity contribution is 5.92. The molecular formula is C13H10F3N3O2. The molecule has 2 rings (SSSR count). The zero-order valence-corrected chi connectivity index (χ0v) is 10.6. The monoisotopic (exact) mass is 297 g/mol. The summed E-state index contributed by atoms with van der Waals surface area (Å²) in [4.78, 5) is 17.3. The highest BCUT2D eigenvalue weighted by Crippen LogP contribution is 2.27. The van der Waals surface area contributed by atoms with Crippen LogP contribution in [-0.2, 0) is 12.7 Å². The number of aromatic nitrogens is 2. The number of rotatable bonds is 4. The molecule has 0 aliphatic carbocycles. The third-order valence-corrected chi connectivity index (χ3v) is 2.58. The maximum atomic E-state index is 12.6. The number of aromatic carboxylic acids is 1. The average molecular weight is 297 g/mol. The minimum absolute atomic E-state index is 0.148. The number of hydrogen-bond acceptors (Lipinski definition) is 4. The van der Waals surface area contributed by atoms with Crippen LogP contribution in [0.15, 0.2) is 36.5 Å². The zero-order valence-electron chi connectivity index (χ0n) is 10.6. The number of carboxylic acid groups (broad SMARTS) is 1. The van der Waals surface area contributed by atoms with Gasteiger partial charge in [-0.1, -0.05) is 30.3 Å². The first-order valence-corrected chi connectivity index (χ1v) is 5.83. The van der Waals surface area contributed by atoms with E-state index in [4.69, 9.17) is 5.11 Å². The van der Waals surface area contributed by atoms with E-state index in [0.717, 1.165) is 5.56 Å². The number of nitrogens with one attached hydrogen (secondary N) is 1. The second-order valence-corrected chi connectivity index (χ2v) is 4.10.